The van der Waals surface area contributed by atoms with Crippen LogP contribution in [0.25, 0.3) is 0 Å². The fraction of sp³-hybridized carbons (Fsp3) is 0.375. The van der Waals surface area contributed by atoms with E-state index in [4.69, 9.17) is 4.74 Å². The van der Waals surface area contributed by atoms with Gasteiger partial charge in [0.1, 0.15) is 17.5 Å². The Hall–Kier alpha value is -3.35. The van der Waals surface area contributed by atoms with Crippen molar-refractivity contribution in [1.82, 2.24) is 10.2 Å². The lowest BCUT2D eigenvalue weighted by atomic mass is 9.91. The van der Waals surface area contributed by atoms with Crippen molar-refractivity contribution in [3.05, 3.63) is 54.6 Å². The van der Waals surface area contributed by atoms with Gasteiger partial charge in [0.25, 0.3) is 5.91 Å². The molecule has 4 amide bonds. The number of amides is 4. The maximum atomic E-state index is 13.3. The number of para-hydroxylation sites is 1. The minimum absolute atomic E-state index is 0.0592. The number of hydrogen-bond acceptors (Lipinski definition) is 4. The molecule has 2 aromatic rings. The molecule has 2 unspecified atom stereocenters. The van der Waals surface area contributed by atoms with E-state index in [0.29, 0.717) is 36.6 Å². The van der Waals surface area contributed by atoms with E-state index in [1.165, 1.54) is 0 Å². The monoisotopic (exact) mass is 421 g/mol. The molecule has 0 aliphatic carbocycles. The summed E-state index contributed by atoms with van der Waals surface area (Å²) in [6, 6.07) is 14.6. The molecule has 2 fully saturated rings. The molecule has 2 aliphatic heterocycles. The number of likely N-dealkylation sites (tertiary alicyclic amines) is 1. The highest BCUT2D eigenvalue weighted by molar-refractivity contribution is 6.19. The Morgan fingerprint density at radius 2 is 1.68 bits per heavy atom. The summed E-state index contributed by atoms with van der Waals surface area (Å²) in [4.78, 5) is 41.6. The van der Waals surface area contributed by atoms with E-state index in [9.17, 15) is 14.4 Å². The Morgan fingerprint density at radius 1 is 1.03 bits per heavy atom. The van der Waals surface area contributed by atoms with Gasteiger partial charge >= 0.3 is 6.03 Å². The lowest BCUT2D eigenvalue weighted by Crippen LogP contribution is -2.65. The molecule has 0 bridgehead atoms. The molecule has 2 aromatic carbocycles. The van der Waals surface area contributed by atoms with Crippen LogP contribution in [0.3, 0.4) is 0 Å². The number of ether oxygens (including phenoxy) is 1. The normalized spacial score (nSPS) is 21.0. The quantitative estimate of drug-likeness (QED) is 0.811. The van der Waals surface area contributed by atoms with Crippen molar-refractivity contribution in [2.45, 2.75) is 45.7 Å². The van der Waals surface area contributed by atoms with Gasteiger partial charge in [-0.2, -0.15) is 0 Å². The molecule has 7 nitrogen and oxygen atoms in total. The van der Waals surface area contributed by atoms with Gasteiger partial charge in [-0.3, -0.25) is 9.59 Å². The number of benzene rings is 2. The van der Waals surface area contributed by atoms with E-state index in [-0.39, 0.29) is 23.3 Å². The molecule has 2 atom stereocenters. The predicted octanol–water partition coefficient (Wildman–Crippen LogP) is 3.94. The molecule has 2 saturated heterocycles. The maximum absolute atomic E-state index is 13.3. The lowest BCUT2D eigenvalue weighted by molar-refractivity contribution is -0.139. The van der Waals surface area contributed by atoms with Gasteiger partial charge < -0.3 is 15.0 Å². The maximum Gasteiger partial charge on any atom is 0.329 e. The number of carbonyl (C=O) groups is 3. The lowest BCUT2D eigenvalue weighted by Gasteiger charge is -2.37. The Bertz CT molecular complexity index is 982. The van der Waals surface area contributed by atoms with Crippen molar-refractivity contribution in [2.24, 2.45) is 5.41 Å². The second-order valence-electron chi connectivity index (χ2n) is 9.20. The van der Waals surface area contributed by atoms with Crippen molar-refractivity contribution in [3.63, 3.8) is 0 Å². The average molecular weight is 421 g/mol. The Morgan fingerprint density at radius 3 is 2.32 bits per heavy atom. The van der Waals surface area contributed by atoms with Crippen molar-refractivity contribution in [2.75, 3.05) is 11.4 Å². The van der Waals surface area contributed by atoms with Gasteiger partial charge in [0, 0.05) is 13.0 Å². The van der Waals surface area contributed by atoms with E-state index < -0.39 is 12.1 Å². The summed E-state index contributed by atoms with van der Waals surface area (Å²) in [5, 5.41) is 2.90. The molecule has 0 saturated carbocycles. The topological polar surface area (TPSA) is 79.0 Å². The molecular weight excluding hydrogens is 394 g/mol. The van der Waals surface area contributed by atoms with E-state index in [2.05, 4.69) is 5.32 Å². The first-order valence-electron chi connectivity index (χ1n) is 10.5. The van der Waals surface area contributed by atoms with E-state index in [1.807, 2.05) is 51.1 Å². The van der Waals surface area contributed by atoms with Gasteiger partial charge in [-0.15, -0.1) is 0 Å². The summed E-state index contributed by atoms with van der Waals surface area (Å²) in [6.45, 7) is 6.45. The predicted molar refractivity (Wildman–Crippen MR) is 117 cm³/mol. The summed E-state index contributed by atoms with van der Waals surface area (Å²) in [6.07, 6.45) is 0.929. The average Bonchev–Trinajstić information content (AvgIpc) is 3.13. The van der Waals surface area contributed by atoms with Gasteiger partial charge in [-0.25, -0.2) is 9.69 Å². The first-order chi connectivity index (χ1) is 14.7. The SMILES string of the molecule is CC(C)(C)CC(=O)N1CCC2NC(=O)N(c3ccc(Oc4ccccc4)cc3)C(=O)C21. The zero-order valence-electron chi connectivity index (χ0n) is 18.0. The molecule has 2 heterocycles. The largest absolute Gasteiger partial charge is 0.457 e. The van der Waals surface area contributed by atoms with Crippen LogP contribution < -0.4 is 15.0 Å². The third-order valence-corrected chi connectivity index (χ3v) is 5.46. The van der Waals surface area contributed by atoms with E-state index in [1.54, 1.807) is 29.2 Å². The number of fused-ring (bicyclic) bond motifs is 1. The Balaban J connectivity index is 1.53. The highest BCUT2D eigenvalue weighted by Gasteiger charge is 2.50. The highest BCUT2D eigenvalue weighted by atomic mass is 16.5. The van der Waals surface area contributed by atoms with Crippen LogP contribution in [0.1, 0.15) is 33.6 Å². The minimum Gasteiger partial charge on any atom is -0.457 e. The molecule has 0 radical (unpaired) electrons. The van der Waals surface area contributed by atoms with E-state index >= 15 is 0 Å². The molecule has 7 heteroatoms. The van der Waals surface area contributed by atoms with Gasteiger partial charge in [-0.05, 0) is 48.2 Å². The molecular formula is C24H27N3O4. The smallest absolute Gasteiger partial charge is 0.329 e. The molecule has 162 valence electrons. The Kier molecular flexibility index (Phi) is 5.43. The van der Waals surface area contributed by atoms with Crippen LogP contribution in [0.15, 0.2) is 54.6 Å². The van der Waals surface area contributed by atoms with Crippen molar-refractivity contribution in [1.29, 1.82) is 0 Å². The van der Waals surface area contributed by atoms with Crippen LogP contribution in [0, 0.1) is 5.41 Å². The summed E-state index contributed by atoms with van der Waals surface area (Å²) < 4.78 is 5.78. The third kappa shape index (κ3) is 4.40. The van der Waals surface area contributed by atoms with Gasteiger partial charge in [0.15, 0.2) is 0 Å². The Labute approximate surface area is 182 Å². The van der Waals surface area contributed by atoms with Crippen molar-refractivity contribution < 1.29 is 19.1 Å². The summed E-state index contributed by atoms with van der Waals surface area (Å²) >= 11 is 0. The van der Waals surface area contributed by atoms with Gasteiger partial charge in [0.2, 0.25) is 5.91 Å². The number of imide groups is 1. The third-order valence-electron chi connectivity index (χ3n) is 5.46. The second-order valence-corrected chi connectivity index (χ2v) is 9.20. The standard InChI is InChI=1S/C24H27N3O4/c1-24(2,3)15-20(28)26-14-13-19-21(26)22(29)27(23(30)25-19)16-9-11-18(12-10-16)31-17-7-5-4-6-8-17/h4-12,19,21H,13-15H2,1-3H3,(H,25,30). The zero-order chi connectivity index (χ0) is 22.2. The molecule has 0 aromatic heterocycles. The number of rotatable bonds is 4. The van der Waals surface area contributed by atoms with Crippen LogP contribution in [0.5, 0.6) is 11.5 Å². The molecule has 31 heavy (non-hydrogen) atoms. The minimum atomic E-state index is -0.673. The first-order valence-corrected chi connectivity index (χ1v) is 10.5. The number of nitrogens with zero attached hydrogens (tertiary/aromatic N) is 2. The number of urea groups is 1. The summed E-state index contributed by atoms with van der Waals surface area (Å²) in [5.41, 5.74) is 0.265. The van der Waals surface area contributed by atoms with Crippen molar-refractivity contribution in [3.8, 4) is 11.5 Å². The number of carbonyl (C=O) groups excluding carboxylic acids is 3. The van der Waals surface area contributed by atoms with Crippen LogP contribution in [-0.4, -0.2) is 41.4 Å². The van der Waals surface area contributed by atoms with Crippen LogP contribution >= 0.6 is 0 Å². The highest BCUT2D eigenvalue weighted by Crippen LogP contribution is 2.31. The second kappa shape index (κ2) is 8.06. The van der Waals surface area contributed by atoms with Crippen LogP contribution in [0.4, 0.5) is 10.5 Å². The van der Waals surface area contributed by atoms with Crippen molar-refractivity contribution >= 4 is 23.5 Å². The van der Waals surface area contributed by atoms with Crippen LogP contribution in [0.2, 0.25) is 0 Å². The summed E-state index contributed by atoms with van der Waals surface area (Å²) in [7, 11) is 0. The zero-order valence-corrected chi connectivity index (χ0v) is 18.0. The fourth-order valence-electron chi connectivity index (χ4n) is 4.07. The molecule has 2 aliphatic rings. The fourth-order valence-corrected chi connectivity index (χ4v) is 4.07. The number of anilines is 1. The van der Waals surface area contributed by atoms with Crippen LogP contribution in [-0.2, 0) is 9.59 Å². The number of hydrogen-bond donors (Lipinski definition) is 1. The summed E-state index contributed by atoms with van der Waals surface area (Å²) in [5.74, 6) is 0.866. The van der Waals surface area contributed by atoms with Gasteiger partial charge in [0.05, 0.1) is 11.7 Å². The van der Waals surface area contributed by atoms with Gasteiger partial charge in [-0.1, -0.05) is 39.0 Å². The van der Waals surface area contributed by atoms with E-state index in [0.717, 1.165) is 4.90 Å². The molecule has 1 N–H and O–H groups in total. The molecule has 4 rings (SSSR count). The molecule has 0 spiro atoms. The number of nitrogens with one attached hydrogen (secondary N) is 1. The first kappa shape index (κ1) is 20.9.